The Bertz CT molecular complexity index is 500. The number of benzene rings is 1. The first-order valence-corrected chi connectivity index (χ1v) is 5.78. The first kappa shape index (κ1) is 10.5. The minimum atomic E-state index is -0.244. The van der Waals surface area contributed by atoms with Crippen molar-refractivity contribution in [3.05, 3.63) is 42.2 Å². The van der Waals surface area contributed by atoms with Crippen molar-refractivity contribution in [2.24, 2.45) is 0 Å². The van der Waals surface area contributed by atoms with E-state index >= 15 is 0 Å². The fraction of sp³-hybridized carbons (Fsp3) is 0.308. The van der Waals surface area contributed by atoms with E-state index in [1.165, 1.54) is 12.1 Å². The largest absolute Gasteiger partial charge is 0.439 e. The van der Waals surface area contributed by atoms with E-state index in [4.69, 9.17) is 4.42 Å². The lowest BCUT2D eigenvalue weighted by Gasteiger charge is -2.03. The zero-order chi connectivity index (χ0) is 11.7. The second kappa shape index (κ2) is 4.30. The molecule has 4 heteroatoms. The fourth-order valence-corrected chi connectivity index (χ4v) is 2.09. The van der Waals surface area contributed by atoms with Gasteiger partial charge in [0.1, 0.15) is 5.82 Å². The molecule has 1 aromatic heterocycles. The molecule has 3 rings (SSSR count). The summed E-state index contributed by atoms with van der Waals surface area (Å²) in [7, 11) is 0. The van der Waals surface area contributed by atoms with Crippen molar-refractivity contribution in [3.8, 4) is 11.3 Å². The first-order chi connectivity index (χ1) is 8.33. The smallest absolute Gasteiger partial charge is 0.212 e. The molecule has 0 saturated carbocycles. The standard InChI is InChI=1S/C13H13FN2O/c14-10-5-3-9(4-6-10)12-8-16-13(17-12)11-2-1-7-15-11/h3-6,8,11,15H,1-2,7H2/t11-/m1/s1. The number of nitrogens with zero attached hydrogens (tertiary/aromatic N) is 1. The van der Waals surface area contributed by atoms with Gasteiger partial charge in [-0.3, -0.25) is 0 Å². The Kier molecular flexibility index (Phi) is 2.65. The average Bonchev–Trinajstić information content (AvgIpc) is 3.00. The minimum Gasteiger partial charge on any atom is -0.439 e. The third kappa shape index (κ3) is 2.08. The summed E-state index contributed by atoms with van der Waals surface area (Å²) in [6.45, 7) is 1.01. The molecule has 1 aromatic carbocycles. The van der Waals surface area contributed by atoms with E-state index < -0.39 is 0 Å². The van der Waals surface area contributed by atoms with Crippen LogP contribution in [0.5, 0.6) is 0 Å². The molecule has 2 aromatic rings. The summed E-state index contributed by atoms with van der Waals surface area (Å²) in [6.07, 6.45) is 3.91. The SMILES string of the molecule is Fc1ccc(-c2cnc([C@H]3CCCN3)o2)cc1. The lowest BCUT2D eigenvalue weighted by Crippen LogP contribution is -2.12. The van der Waals surface area contributed by atoms with Crippen LogP contribution in [-0.4, -0.2) is 11.5 Å². The highest BCUT2D eigenvalue weighted by molar-refractivity contribution is 5.55. The van der Waals surface area contributed by atoms with Crippen molar-refractivity contribution >= 4 is 0 Å². The number of hydrogen-bond donors (Lipinski definition) is 1. The predicted octanol–water partition coefficient (Wildman–Crippen LogP) is 2.91. The number of aromatic nitrogens is 1. The first-order valence-electron chi connectivity index (χ1n) is 5.78. The van der Waals surface area contributed by atoms with E-state index in [1.807, 2.05) is 0 Å². The Morgan fingerprint density at radius 3 is 2.82 bits per heavy atom. The highest BCUT2D eigenvalue weighted by atomic mass is 19.1. The normalized spacial score (nSPS) is 19.7. The van der Waals surface area contributed by atoms with Gasteiger partial charge in [0.2, 0.25) is 5.89 Å². The van der Waals surface area contributed by atoms with Crippen LogP contribution < -0.4 is 5.32 Å². The maximum atomic E-state index is 12.8. The Balaban J connectivity index is 1.86. The van der Waals surface area contributed by atoms with Gasteiger partial charge in [-0.1, -0.05) is 0 Å². The summed E-state index contributed by atoms with van der Waals surface area (Å²) < 4.78 is 18.5. The summed E-state index contributed by atoms with van der Waals surface area (Å²) in [5, 5.41) is 3.33. The molecular formula is C13H13FN2O. The molecule has 1 aliphatic rings. The van der Waals surface area contributed by atoms with Crippen LogP contribution in [0.1, 0.15) is 24.8 Å². The van der Waals surface area contributed by atoms with Crippen LogP contribution in [-0.2, 0) is 0 Å². The van der Waals surface area contributed by atoms with Crippen molar-refractivity contribution in [3.63, 3.8) is 0 Å². The van der Waals surface area contributed by atoms with Gasteiger partial charge in [0.05, 0.1) is 12.2 Å². The molecule has 1 atom stereocenters. The highest BCUT2D eigenvalue weighted by Gasteiger charge is 2.21. The van der Waals surface area contributed by atoms with Crippen LogP contribution in [0.4, 0.5) is 4.39 Å². The van der Waals surface area contributed by atoms with Gasteiger partial charge in [0.25, 0.3) is 0 Å². The van der Waals surface area contributed by atoms with E-state index in [2.05, 4.69) is 10.3 Å². The number of oxazole rings is 1. The van der Waals surface area contributed by atoms with Crippen molar-refractivity contribution in [2.75, 3.05) is 6.54 Å². The molecule has 88 valence electrons. The molecule has 1 saturated heterocycles. The van der Waals surface area contributed by atoms with E-state index in [0.29, 0.717) is 5.76 Å². The van der Waals surface area contributed by atoms with Gasteiger partial charge in [-0.15, -0.1) is 0 Å². The quantitative estimate of drug-likeness (QED) is 0.865. The number of rotatable bonds is 2. The zero-order valence-electron chi connectivity index (χ0n) is 9.32. The molecule has 2 heterocycles. The fourth-order valence-electron chi connectivity index (χ4n) is 2.09. The third-order valence-electron chi connectivity index (χ3n) is 3.01. The molecule has 1 aliphatic heterocycles. The molecule has 0 unspecified atom stereocenters. The number of halogens is 1. The Hall–Kier alpha value is -1.68. The third-order valence-corrected chi connectivity index (χ3v) is 3.01. The van der Waals surface area contributed by atoms with E-state index in [-0.39, 0.29) is 11.9 Å². The van der Waals surface area contributed by atoms with Crippen LogP contribution in [0.2, 0.25) is 0 Å². The molecule has 0 aliphatic carbocycles. The monoisotopic (exact) mass is 232 g/mol. The van der Waals surface area contributed by atoms with Crippen molar-refractivity contribution in [2.45, 2.75) is 18.9 Å². The van der Waals surface area contributed by atoms with Crippen molar-refractivity contribution < 1.29 is 8.81 Å². The summed E-state index contributed by atoms with van der Waals surface area (Å²) >= 11 is 0. The lowest BCUT2D eigenvalue weighted by atomic mass is 10.2. The molecule has 3 nitrogen and oxygen atoms in total. The number of nitrogens with one attached hydrogen (secondary N) is 1. The van der Waals surface area contributed by atoms with Crippen molar-refractivity contribution in [1.29, 1.82) is 0 Å². The molecule has 17 heavy (non-hydrogen) atoms. The van der Waals surface area contributed by atoms with Crippen molar-refractivity contribution in [1.82, 2.24) is 10.3 Å². The lowest BCUT2D eigenvalue weighted by molar-refractivity contribution is 0.437. The summed E-state index contributed by atoms with van der Waals surface area (Å²) in [5.41, 5.74) is 0.850. The van der Waals surface area contributed by atoms with E-state index in [9.17, 15) is 4.39 Å². The molecule has 1 N–H and O–H groups in total. The Labute approximate surface area is 98.7 Å². The molecule has 0 radical (unpaired) electrons. The summed E-state index contributed by atoms with van der Waals surface area (Å²) in [6, 6.07) is 6.46. The second-order valence-electron chi connectivity index (χ2n) is 4.22. The summed E-state index contributed by atoms with van der Waals surface area (Å²) in [4.78, 5) is 4.27. The van der Waals surface area contributed by atoms with E-state index in [0.717, 1.165) is 30.8 Å². The Morgan fingerprint density at radius 1 is 1.29 bits per heavy atom. The maximum Gasteiger partial charge on any atom is 0.212 e. The topological polar surface area (TPSA) is 38.1 Å². The van der Waals surface area contributed by atoms with Crippen LogP contribution in [0.3, 0.4) is 0 Å². The predicted molar refractivity (Wildman–Crippen MR) is 61.9 cm³/mol. The van der Waals surface area contributed by atoms with E-state index in [1.54, 1.807) is 18.3 Å². The van der Waals surface area contributed by atoms with Gasteiger partial charge in [-0.25, -0.2) is 9.37 Å². The van der Waals surface area contributed by atoms with Gasteiger partial charge in [-0.2, -0.15) is 0 Å². The van der Waals surface area contributed by atoms with Gasteiger partial charge >= 0.3 is 0 Å². The molecule has 0 bridgehead atoms. The van der Waals surface area contributed by atoms with Crippen LogP contribution in [0, 0.1) is 5.82 Å². The van der Waals surface area contributed by atoms with Gasteiger partial charge < -0.3 is 9.73 Å². The molecule has 0 spiro atoms. The minimum absolute atomic E-state index is 0.226. The average molecular weight is 232 g/mol. The van der Waals surface area contributed by atoms with Gasteiger partial charge in [0.15, 0.2) is 5.76 Å². The van der Waals surface area contributed by atoms with Crippen LogP contribution in [0.15, 0.2) is 34.9 Å². The summed E-state index contributed by atoms with van der Waals surface area (Å²) in [5.74, 6) is 1.17. The maximum absolute atomic E-state index is 12.8. The molecular weight excluding hydrogens is 219 g/mol. The highest BCUT2D eigenvalue weighted by Crippen LogP contribution is 2.27. The molecule has 1 fully saturated rings. The van der Waals surface area contributed by atoms with Crippen LogP contribution >= 0.6 is 0 Å². The van der Waals surface area contributed by atoms with Gasteiger partial charge in [0, 0.05) is 5.56 Å². The Morgan fingerprint density at radius 2 is 2.12 bits per heavy atom. The van der Waals surface area contributed by atoms with Gasteiger partial charge in [-0.05, 0) is 43.7 Å². The second-order valence-corrected chi connectivity index (χ2v) is 4.22. The van der Waals surface area contributed by atoms with Crippen LogP contribution in [0.25, 0.3) is 11.3 Å². The molecule has 0 amide bonds. The zero-order valence-corrected chi connectivity index (χ0v) is 9.32. The number of hydrogen-bond acceptors (Lipinski definition) is 3.